The second kappa shape index (κ2) is 5.67. The number of phenols is 1. The molecule has 0 bridgehead atoms. The summed E-state index contributed by atoms with van der Waals surface area (Å²) in [5, 5.41) is 18.8. The minimum Gasteiger partial charge on any atom is -0.508 e. The molecular formula is C15H7Cl2NO. The van der Waals surface area contributed by atoms with Gasteiger partial charge in [0.05, 0.1) is 21.7 Å². The third kappa shape index (κ3) is 3.20. The molecule has 0 fully saturated rings. The first-order valence-corrected chi connectivity index (χ1v) is 6.06. The zero-order valence-electron chi connectivity index (χ0n) is 9.61. The van der Waals surface area contributed by atoms with E-state index in [1.54, 1.807) is 24.3 Å². The van der Waals surface area contributed by atoms with Crippen molar-refractivity contribution in [3.63, 3.8) is 0 Å². The molecule has 4 heteroatoms. The number of hydrogen-bond donors (Lipinski definition) is 1. The van der Waals surface area contributed by atoms with Gasteiger partial charge in [-0.15, -0.1) is 0 Å². The standard InChI is InChI=1S/C15H7Cl2NO/c16-14-7-10(9-18)1-2-11(14)3-4-12-5-6-13(19)8-15(12)17/h1-2,5-8,19H. The summed E-state index contributed by atoms with van der Waals surface area (Å²) in [5.74, 6) is 5.85. The first-order valence-electron chi connectivity index (χ1n) is 5.30. The summed E-state index contributed by atoms with van der Waals surface area (Å²) in [6, 6.07) is 11.5. The molecule has 0 saturated carbocycles. The van der Waals surface area contributed by atoms with E-state index in [1.165, 1.54) is 12.1 Å². The van der Waals surface area contributed by atoms with Crippen LogP contribution >= 0.6 is 23.2 Å². The molecule has 0 atom stereocenters. The summed E-state index contributed by atoms with van der Waals surface area (Å²) in [6.45, 7) is 0. The minimum absolute atomic E-state index is 0.0898. The zero-order valence-corrected chi connectivity index (χ0v) is 11.1. The molecule has 0 unspecified atom stereocenters. The van der Waals surface area contributed by atoms with Gasteiger partial charge in [-0.2, -0.15) is 5.26 Å². The average Bonchev–Trinajstić information content (AvgIpc) is 2.39. The lowest BCUT2D eigenvalue weighted by Gasteiger charge is -1.98. The number of rotatable bonds is 0. The van der Waals surface area contributed by atoms with Crippen LogP contribution < -0.4 is 0 Å². The molecule has 2 aromatic rings. The topological polar surface area (TPSA) is 44.0 Å². The molecule has 0 aliphatic heterocycles. The van der Waals surface area contributed by atoms with Crippen molar-refractivity contribution in [2.75, 3.05) is 0 Å². The Balaban J connectivity index is 2.37. The molecule has 0 spiro atoms. The second-order valence-electron chi connectivity index (χ2n) is 3.72. The van der Waals surface area contributed by atoms with Crippen LogP contribution in [0.5, 0.6) is 5.75 Å². The number of benzene rings is 2. The Labute approximate surface area is 120 Å². The van der Waals surface area contributed by atoms with Gasteiger partial charge in [0.15, 0.2) is 0 Å². The third-order valence-electron chi connectivity index (χ3n) is 2.38. The maximum atomic E-state index is 9.24. The van der Waals surface area contributed by atoms with E-state index in [0.29, 0.717) is 26.7 Å². The van der Waals surface area contributed by atoms with Gasteiger partial charge in [0, 0.05) is 11.1 Å². The first kappa shape index (κ1) is 13.3. The first-order chi connectivity index (χ1) is 9.10. The fourth-order valence-corrected chi connectivity index (χ4v) is 1.88. The Morgan fingerprint density at radius 2 is 1.47 bits per heavy atom. The number of hydrogen-bond acceptors (Lipinski definition) is 2. The molecular weight excluding hydrogens is 281 g/mol. The van der Waals surface area contributed by atoms with Gasteiger partial charge in [-0.3, -0.25) is 0 Å². The zero-order chi connectivity index (χ0) is 13.8. The molecule has 2 rings (SSSR count). The van der Waals surface area contributed by atoms with Crippen LogP contribution in [0.1, 0.15) is 16.7 Å². The lowest BCUT2D eigenvalue weighted by molar-refractivity contribution is 0.475. The number of aromatic hydroxyl groups is 1. The van der Waals surface area contributed by atoms with Gasteiger partial charge in [0.2, 0.25) is 0 Å². The molecule has 92 valence electrons. The van der Waals surface area contributed by atoms with E-state index in [2.05, 4.69) is 11.8 Å². The van der Waals surface area contributed by atoms with Gasteiger partial charge in [0.1, 0.15) is 5.75 Å². The van der Waals surface area contributed by atoms with Crippen LogP contribution in [0.4, 0.5) is 0 Å². The molecule has 0 saturated heterocycles. The van der Waals surface area contributed by atoms with Crippen LogP contribution in [-0.2, 0) is 0 Å². The fourth-order valence-electron chi connectivity index (χ4n) is 1.43. The predicted octanol–water partition coefficient (Wildman–Crippen LogP) is 3.97. The van der Waals surface area contributed by atoms with Crippen LogP contribution in [-0.4, -0.2) is 5.11 Å². The van der Waals surface area contributed by atoms with Crippen molar-refractivity contribution >= 4 is 23.2 Å². The lowest BCUT2D eigenvalue weighted by atomic mass is 10.1. The average molecular weight is 288 g/mol. The lowest BCUT2D eigenvalue weighted by Crippen LogP contribution is -1.81. The normalized spacial score (nSPS) is 9.32. The predicted molar refractivity (Wildman–Crippen MR) is 75.3 cm³/mol. The number of nitrogens with zero attached hydrogens (tertiary/aromatic N) is 1. The van der Waals surface area contributed by atoms with Gasteiger partial charge in [-0.05, 0) is 36.4 Å². The Morgan fingerprint density at radius 1 is 0.895 bits per heavy atom. The van der Waals surface area contributed by atoms with Gasteiger partial charge in [-0.25, -0.2) is 0 Å². The molecule has 1 N–H and O–H groups in total. The Hall–Kier alpha value is -2.13. The van der Waals surface area contributed by atoms with Crippen molar-refractivity contribution < 1.29 is 5.11 Å². The quantitative estimate of drug-likeness (QED) is 0.745. The third-order valence-corrected chi connectivity index (χ3v) is 3.01. The van der Waals surface area contributed by atoms with Gasteiger partial charge < -0.3 is 5.11 Å². The van der Waals surface area contributed by atoms with Crippen molar-refractivity contribution in [2.24, 2.45) is 0 Å². The van der Waals surface area contributed by atoms with Gasteiger partial charge >= 0.3 is 0 Å². The molecule has 0 heterocycles. The van der Waals surface area contributed by atoms with Crippen LogP contribution in [0.2, 0.25) is 10.0 Å². The Bertz CT molecular complexity index is 736. The number of halogens is 2. The molecule has 2 aromatic carbocycles. The molecule has 0 amide bonds. The molecule has 0 aromatic heterocycles. The number of phenolic OH excluding ortho intramolecular Hbond substituents is 1. The molecule has 0 aliphatic carbocycles. The number of nitriles is 1. The summed E-state index contributed by atoms with van der Waals surface area (Å²) in [5.41, 5.74) is 1.70. The SMILES string of the molecule is N#Cc1ccc(C#Cc2ccc(O)cc2Cl)c(Cl)c1. The molecule has 2 nitrogen and oxygen atoms in total. The van der Waals surface area contributed by atoms with E-state index in [9.17, 15) is 5.11 Å². The Kier molecular flexibility index (Phi) is 3.97. The maximum Gasteiger partial charge on any atom is 0.117 e. The summed E-state index contributed by atoms with van der Waals surface area (Å²) < 4.78 is 0. The van der Waals surface area contributed by atoms with E-state index in [1.807, 2.05) is 6.07 Å². The highest BCUT2D eigenvalue weighted by Gasteiger charge is 2.00. The van der Waals surface area contributed by atoms with E-state index >= 15 is 0 Å². The Morgan fingerprint density at radius 3 is 2.00 bits per heavy atom. The largest absolute Gasteiger partial charge is 0.508 e. The highest BCUT2D eigenvalue weighted by molar-refractivity contribution is 6.32. The van der Waals surface area contributed by atoms with Crippen LogP contribution in [0.3, 0.4) is 0 Å². The summed E-state index contributed by atoms with van der Waals surface area (Å²) >= 11 is 12.0. The summed E-state index contributed by atoms with van der Waals surface area (Å²) in [7, 11) is 0. The van der Waals surface area contributed by atoms with E-state index in [4.69, 9.17) is 28.5 Å². The van der Waals surface area contributed by atoms with E-state index < -0.39 is 0 Å². The van der Waals surface area contributed by atoms with Crippen molar-refractivity contribution in [3.05, 3.63) is 63.1 Å². The van der Waals surface area contributed by atoms with Crippen molar-refractivity contribution in [2.45, 2.75) is 0 Å². The molecule has 19 heavy (non-hydrogen) atoms. The van der Waals surface area contributed by atoms with Crippen molar-refractivity contribution in [3.8, 4) is 23.7 Å². The van der Waals surface area contributed by atoms with Crippen molar-refractivity contribution in [1.29, 1.82) is 5.26 Å². The summed E-state index contributed by atoms with van der Waals surface area (Å²) in [6.07, 6.45) is 0. The summed E-state index contributed by atoms with van der Waals surface area (Å²) in [4.78, 5) is 0. The van der Waals surface area contributed by atoms with Crippen LogP contribution in [0.15, 0.2) is 36.4 Å². The smallest absolute Gasteiger partial charge is 0.117 e. The van der Waals surface area contributed by atoms with Crippen molar-refractivity contribution in [1.82, 2.24) is 0 Å². The minimum atomic E-state index is 0.0898. The van der Waals surface area contributed by atoms with Gasteiger partial charge in [0.25, 0.3) is 0 Å². The van der Waals surface area contributed by atoms with E-state index in [0.717, 1.165) is 0 Å². The fraction of sp³-hybridized carbons (Fsp3) is 0. The highest BCUT2D eigenvalue weighted by Crippen LogP contribution is 2.21. The molecule has 0 radical (unpaired) electrons. The molecule has 0 aliphatic rings. The van der Waals surface area contributed by atoms with Gasteiger partial charge in [-0.1, -0.05) is 35.0 Å². The van der Waals surface area contributed by atoms with Crippen LogP contribution in [0.25, 0.3) is 0 Å². The highest BCUT2D eigenvalue weighted by atomic mass is 35.5. The van der Waals surface area contributed by atoms with Crippen LogP contribution in [0, 0.1) is 23.2 Å². The maximum absolute atomic E-state index is 9.24. The monoisotopic (exact) mass is 287 g/mol. The van der Waals surface area contributed by atoms with E-state index in [-0.39, 0.29) is 5.75 Å². The second-order valence-corrected chi connectivity index (χ2v) is 4.53.